The van der Waals surface area contributed by atoms with E-state index in [9.17, 15) is 9.00 Å². The van der Waals surface area contributed by atoms with E-state index in [1.54, 1.807) is 4.68 Å². The van der Waals surface area contributed by atoms with Crippen LogP contribution in [0.25, 0.3) is 5.69 Å². The Morgan fingerprint density at radius 2 is 2.13 bits per heavy atom. The first-order valence-electron chi connectivity index (χ1n) is 7.82. The average molecular weight is 331 g/mol. The number of hydrogen-bond donors (Lipinski definition) is 1. The number of nitrogens with zero attached hydrogens (tertiary/aromatic N) is 2. The quantitative estimate of drug-likeness (QED) is 0.937. The summed E-state index contributed by atoms with van der Waals surface area (Å²) in [5.74, 6) is 1.57. The molecule has 2 aromatic rings. The van der Waals surface area contributed by atoms with E-state index < -0.39 is 10.8 Å². The summed E-state index contributed by atoms with van der Waals surface area (Å²) < 4.78 is 13.6. The highest BCUT2D eigenvalue weighted by atomic mass is 32.2. The van der Waals surface area contributed by atoms with Crippen molar-refractivity contribution in [2.24, 2.45) is 0 Å². The van der Waals surface area contributed by atoms with Gasteiger partial charge in [0.25, 0.3) is 0 Å². The largest absolute Gasteiger partial charge is 0.310 e. The van der Waals surface area contributed by atoms with Crippen molar-refractivity contribution in [2.75, 3.05) is 5.32 Å². The molecule has 0 spiro atoms. The van der Waals surface area contributed by atoms with Crippen LogP contribution < -0.4 is 5.32 Å². The van der Waals surface area contributed by atoms with E-state index in [-0.39, 0.29) is 5.91 Å². The van der Waals surface area contributed by atoms with Crippen LogP contribution in [-0.2, 0) is 27.1 Å². The van der Waals surface area contributed by atoms with Crippen molar-refractivity contribution in [3.8, 4) is 5.69 Å². The second-order valence-corrected chi connectivity index (χ2v) is 7.46. The van der Waals surface area contributed by atoms with Crippen molar-refractivity contribution in [1.29, 1.82) is 0 Å². The molecule has 122 valence electrons. The van der Waals surface area contributed by atoms with Crippen molar-refractivity contribution in [3.63, 3.8) is 0 Å². The smallest absolute Gasteiger partial charge is 0.225 e. The minimum absolute atomic E-state index is 0.0288. The van der Waals surface area contributed by atoms with Crippen molar-refractivity contribution in [2.45, 2.75) is 45.1 Å². The molecule has 1 atom stereocenters. The first-order chi connectivity index (χ1) is 11.0. The van der Waals surface area contributed by atoms with E-state index in [1.165, 1.54) is 5.56 Å². The molecule has 0 fully saturated rings. The van der Waals surface area contributed by atoms with Crippen molar-refractivity contribution < 1.29 is 9.00 Å². The lowest BCUT2D eigenvalue weighted by atomic mass is 10.1. The van der Waals surface area contributed by atoms with Gasteiger partial charge in [-0.1, -0.05) is 24.6 Å². The number of rotatable bonds is 4. The summed E-state index contributed by atoms with van der Waals surface area (Å²) in [5.41, 5.74) is 4.97. The Morgan fingerprint density at radius 1 is 1.35 bits per heavy atom. The van der Waals surface area contributed by atoms with Crippen molar-refractivity contribution in [3.05, 3.63) is 40.6 Å². The molecule has 0 unspecified atom stereocenters. The number of aromatic nitrogens is 2. The van der Waals surface area contributed by atoms with Gasteiger partial charge in [-0.3, -0.25) is 9.00 Å². The SMILES string of the molecule is CCCC(=O)Nc1c2c(nn1-c1ccc(C)cc1C)C[S@](=O)C2. The van der Waals surface area contributed by atoms with Gasteiger partial charge in [-0.25, -0.2) is 4.68 Å². The number of aryl methyl sites for hydroxylation is 2. The summed E-state index contributed by atoms with van der Waals surface area (Å²) in [6, 6.07) is 6.14. The van der Waals surface area contributed by atoms with Crippen LogP contribution in [0.15, 0.2) is 18.2 Å². The summed E-state index contributed by atoms with van der Waals surface area (Å²) in [7, 11) is -0.918. The molecule has 1 aliphatic rings. The maximum absolute atomic E-state index is 12.1. The Kier molecular flexibility index (Phi) is 4.35. The van der Waals surface area contributed by atoms with Gasteiger partial charge >= 0.3 is 0 Å². The highest BCUT2D eigenvalue weighted by Gasteiger charge is 2.28. The number of hydrogen-bond acceptors (Lipinski definition) is 3. The van der Waals surface area contributed by atoms with Crippen molar-refractivity contribution >= 4 is 22.5 Å². The molecule has 1 aromatic heterocycles. The lowest BCUT2D eigenvalue weighted by molar-refractivity contribution is -0.116. The topological polar surface area (TPSA) is 64.0 Å². The number of nitrogens with one attached hydrogen (secondary N) is 1. The third kappa shape index (κ3) is 3.08. The number of carbonyl (C=O) groups excluding carboxylic acids is 1. The van der Waals surface area contributed by atoms with Gasteiger partial charge in [0.05, 0.1) is 22.9 Å². The van der Waals surface area contributed by atoms with Crippen LogP contribution in [-0.4, -0.2) is 19.9 Å². The van der Waals surface area contributed by atoms with Crippen LogP contribution in [0.5, 0.6) is 0 Å². The maximum Gasteiger partial charge on any atom is 0.225 e. The number of amides is 1. The fourth-order valence-electron chi connectivity index (χ4n) is 2.90. The predicted octanol–water partition coefficient (Wildman–Crippen LogP) is 2.99. The van der Waals surface area contributed by atoms with E-state index in [0.717, 1.165) is 28.9 Å². The molecule has 2 heterocycles. The van der Waals surface area contributed by atoms with E-state index in [0.29, 0.717) is 23.7 Å². The zero-order valence-electron chi connectivity index (χ0n) is 13.7. The molecule has 1 aromatic carbocycles. The van der Waals surface area contributed by atoms with Crippen LogP contribution in [0.1, 0.15) is 42.1 Å². The van der Waals surface area contributed by atoms with Crippen LogP contribution in [0.3, 0.4) is 0 Å². The maximum atomic E-state index is 12.1. The van der Waals surface area contributed by atoms with Gasteiger partial charge in [0.2, 0.25) is 5.91 Å². The summed E-state index contributed by atoms with van der Waals surface area (Å²) in [6.45, 7) is 6.05. The molecule has 0 saturated carbocycles. The number of anilines is 1. The molecule has 0 saturated heterocycles. The van der Waals surface area contributed by atoms with Crippen LogP contribution >= 0.6 is 0 Å². The van der Waals surface area contributed by atoms with E-state index in [2.05, 4.69) is 16.5 Å². The zero-order valence-corrected chi connectivity index (χ0v) is 14.5. The third-order valence-corrected chi connectivity index (χ3v) is 5.19. The molecule has 23 heavy (non-hydrogen) atoms. The van der Waals surface area contributed by atoms with Gasteiger partial charge in [0, 0.05) is 22.8 Å². The minimum Gasteiger partial charge on any atom is -0.310 e. The molecule has 0 radical (unpaired) electrons. The Morgan fingerprint density at radius 3 is 2.83 bits per heavy atom. The highest BCUT2D eigenvalue weighted by Crippen LogP contribution is 2.32. The van der Waals surface area contributed by atoms with Crippen molar-refractivity contribution in [1.82, 2.24) is 9.78 Å². The Balaban J connectivity index is 2.08. The molecule has 5 nitrogen and oxygen atoms in total. The molecule has 1 amide bonds. The number of fused-ring (bicyclic) bond motifs is 1. The van der Waals surface area contributed by atoms with Gasteiger partial charge in [-0.15, -0.1) is 0 Å². The minimum atomic E-state index is -0.918. The average Bonchev–Trinajstić information content (AvgIpc) is 2.97. The fourth-order valence-corrected chi connectivity index (χ4v) is 4.16. The zero-order chi connectivity index (χ0) is 16.6. The van der Waals surface area contributed by atoms with Gasteiger partial charge in [-0.05, 0) is 31.9 Å². The predicted molar refractivity (Wildman–Crippen MR) is 92.1 cm³/mol. The Hall–Kier alpha value is -1.95. The first-order valence-corrected chi connectivity index (χ1v) is 9.31. The first kappa shape index (κ1) is 15.9. The highest BCUT2D eigenvalue weighted by molar-refractivity contribution is 7.83. The summed E-state index contributed by atoms with van der Waals surface area (Å²) in [5, 5.41) is 7.60. The number of carbonyl (C=O) groups is 1. The van der Waals surface area contributed by atoms with Crippen LogP contribution in [0.4, 0.5) is 5.82 Å². The second kappa shape index (κ2) is 6.28. The molecular formula is C17H21N3O2S. The molecule has 6 heteroatoms. The molecular weight excluding hydrogens is 310 g/mol. The third-order valence-electron chi connectivity index (χ3n) is 3.99. The van der Waals surface area contributed by atoms with Gasteiger partial charge in [-0.2, -0.15) is 5.10 Å². The standard InChI is InChI=1S/C17H21N3O2S/c1-4-5-16(21)18-17-13-9-23(22)10-14(13)19-20(17)15-7-6-11(2)8-12(15)3/h6-8H,4-5,9-10H2,1-3H3,(H,18,21)/t23-/m1/s1. The molecule has 1 N–H and O–H groups in total. The van der Waals surface area contributed by atoms with Crippen LogP contribution in [0.2, 0.25) is 0 Å². The summed E-state index contributed by atoms with van der Waals surface area (Å²) >= 11 is 0. The van der Waals surface area contributed by atoms with Gasteiger partial charge in [0.15, 0.2) is 0 Å². The number of benzene rings is 1. The van der Waals surface area contributed by atoms with Gasteiger partial charge in [0.1, 0.15) is 5.82 Å². The van der Waals surface area contributed by atoms with E-state index in [4.69, 9.17) is 0 Å². The van der Waals surface area contributed by atoms with Crippen LogP contribution in [0, 0.1) is 13.8 Å². The monoisotopic (exact) mass is 331 g/mol. The Bertz CT molecular complexity index is 795. The Labute approximate surface area is 138 Å². The summed E-state index contributed by atoms with van der Waals surface area (Å²) in [4.78, 5) is 12.1. The molecule has 0 aliphatic carbocycles. The molecule has 3 rings (SSSR count). The normalized spacial score (nSPS) is 16.4. The van der Waals surface area contributed by atoms with E-state index >= 15 is 0 Å². The molecule has 1 aliphatic heterocycles. The van der Waals surface area contributed by atoms with E-state index in [1.807, 2.05) is 32.9 Å². The summed E-state index contributed by atoms with van der Waals surface area (Å²) in [6.07, 6.45) is 1.26. The fraction of sp³-hybridized carbons (Fsp3) is 0.412. The molecule has 0 bridgehead atoms. The van der Waals surface area contributed by atoms with Gasteiger partial charge < -0.3 is 5.32 Å². The lowest BCUT2D eigenvalue weighted by Crippen LogP contribution is -2.16. The second-order valence-electron chi connectivity index (χ2n) is 6.00. The lowest BCUT2D eigenvalue weighted by Gasteiger charge is -2.13.